The Balaban J connectivity index is 1.87. The summed E-state index contributed by atoms with van der Waals surface area (Å²) in [6.07, 6.45) is -1.95. The highest BCUT2D eigenvalue weighted by molar-refractivity contribution is 6.29. The Hall–Kier alpha value is -1.56. The second kappa shape index (κ2) is 3.55. The third-order valence-corrected chi connectivity index (χ3v) is 4.33. The number of carbonyl (C=O) groups excluding carboxylic acids is 1. The monoisotopic (exact) mass is 301 g/mol. The van der Waals surface area contributed by atoms with E-state index in [1.165, 1.54) is 6.07 Å². The van der Waals surface area contributed by atoms with Crippen LogP contribution in [0.15, 0.2) is 12.1 Å². The summed E-state index contributed by atoms with van der Waals surface area (Å²) in [7, 11) is 0. The number of ether oxygens (including phenoxy) is 2. The smallest absolute Gasteiger partial charge is 0.395 e. The fraction of sp³-hybridized carbons (Fsp3) is 0.462. The molecule has 1 saturated carbocycles. The van der Waals surface area contributed by atoms with E-state index in [-0.39, 0.29) is 28.7 Å². The van der Waals surface area contributed by atoms with Crippen LogP contribution in [0.2, 0.25) is 0 Å². The molecule has 7 heteroatoms. The molecular weight excluding hydrogens is 292 g/mol. The molecule has 1 aromatic carbocycles. The molecule has 3 aliphatic rings. The number of benzene rings is 1. The lowest BCUT2D eigenvalue weighted by Crippen LogP contribution is -2.32. The summed E-state index contributed by atoms with van der Waals surface area (Å²) in [5.41, 5.74) is 0.991. The fourth-order valence-electron chi connectivity index (χ4n) is 3.06. The number of amides is 1. The van der Waals surface area contributed by atoms with Crippen molar-refractivity contribution in [3.05, 3.63) is 17.7 Å². The van der Waals surface area contributed by atoms with Gasteiger partial charge < -0.3 is 14.4 Å². The van der Waals surface area contributed by atoms with Crippen LogP contribution < -0.4 is 14.4 Å². The third-order valence-electron chi connectivity index (χ3n) is 4.10. The summed E-state index contributed by atoms with van der Waals surface area (Å²) in [5.74, 6) is -0.280. The molecule has 1 aliphatic carbocycles. The highest BCUT2D eigenvalue weighted by Crippen LogP contribution is 2.63. The van der Waals surface area contributed by atoms with Crippen molar-refractivity contribution >= 4 is 23.2 Å². The van der Waals surface area contributed by atoms with Crippen LogP contribution in [0.1, 0.15) is 18.4 Å². The van der Waals surface area contributed by atoms with Gasteiger partial charge in [-0.2, -0.15) is 0 Å². The summed E-state index contributed by atoms with van der Waals surface area (Å²) < 4.78 is 35.6. The number of halogens is 3. The molecule has 20 heavy (non-hydrogen) atoms. The number of hydrogen-bond acceptors (Lipinski definition) is 3. The Morgan fingerprint density at radius 3 is 2.75 bits per heavy atom. The van der Waals surface area contributed by atoms with Gasteiger partial charge in [-0.25, -0.2) is 0 Å². The van der Waals surface area contributed by atoms with E-state index in [9.17, 15) is 13.6 Å². The minimum absolute atomic E-state index is 0.0280. The highest BCUT2D eigenvalue weighted by atomic mass is 35.5. The van der Waals surface area contributed by atoms with Crippen molar-refractivity contribution in [3.8, 4) is 11.5 Å². The van der Waals surface area contributed by atoms with E-state index in [1.54, 1.807) is 11.0 Å². The van der Waals surface area contributed by atoms with Gasteiger partial charge in [0.05, 0.1) is 5.69 Å². The summed E-state index contributed by atoms with van der Waals surface area (Å²) in [4.78, 5) is 13.4. The van der Waals surface area contributed by atoms with Crippen LogP contribution in [-0.4, -0.2) is 24.6 Å². The van der Waals surface area contributed by atoms with Gasteiger partial charge in [-0.15, -0.1) is 20.4 Å². The largest absolute Gasteiger partial charge is 0.586 e. The summed E-state index contributed by atoms with van der Waals surface area (Å²) >= 11 is 5.61. The quantitative estimate of drug-likeness (QED) is 0.749. The predicted molar refractivity (Wildman–Crippen MR) is 66.6 cm³/mol. The molecule has 0 atom stereocenters. The Bertz CT molecular complexity index is 630. The predicted octanol–water partition coefficient (Wildman–Crippen LogP) is 2.63. The fourth-order valence-corrected chi connectivity index (χ4v) is 3.20. The number of fused-ring (bicyclic) bond motifs is 4. The Morgan fingerprint density at radius 1 is 1.35 bits per heavy atom. The number of alkyl halides is 3. The first-order valence-electron chi connectivity index (χ1n) is 6.25. The van der Waals surface area contributed by atoms with Crippen molar-refractivity contribution in [1.29, 1.82) is 0 Å². The van der Waals surface area contributed by atoms with E-state index in [0.29, 0.717) is 17.8 Å². The van der Waals surface area contributed by atoms with Gasteiger partial charge in [0, 0.05) is 17.5 Å². The zero-order valence-electron chi connectivity index (χ0n) is 10.3. The molecule has 1 amide bonds. The molecule has 1 aromatic rings. The Morgan fingerprint density at radius 2 is 2.10 bits per heavy atom. The number of nitrogens with zero attached hydrogens (tertiary/aromatic N) is 1. The molecule has 0 radical (unpaired) electrons. The van der Waals surface area contributed by atoms with Crippen molar-refractivity contribution in [2.45, 2.75) is 24.6 Å². The Kier molecular flexibility index (Phi) is 2.17. The van der Waals surface area contributed by atoms with Crippen LogP contribution in [0.3, 0.4) is 0 Å². The standard InChI is InChI=1S/C13H10ClF2NO3/c14-5-9(18)17-6-12(3-4-12)10-7(17)1-2-8-11(10)20-13(15,16)19-8/h1-2H,3-6H2. The van der Waals surface area contributed by atoms with Gasteiger partial charge in [0.2, 0.25) is 5.91 Å². The molecule has 0 N–H and O–H groups in total. The molecule has 0 unspecified atom stereocenters. The SMILES string of the molecule is O=C(CCl)N1CC2(CC2)c2c1ccc1c2OC(F)(F)O1. The molecule has 0 aromatic heterocycles. The van der Waals surface area contributed by atoms with Gasteiger partial charge in [0.15, 0.2) is 11.5 Å². The molecule has 1 spiro atoms. The first kappa shape index (κ1) is 12.2. The molecule has 0 saturated heterocycles. The second-order valence-electron chi connectivity index (χ2n) is 5.35. The van der Waals surface area contributed by atoms with Crippen molar-refractivity contribution in [2.75, 3.05) is 17.3 Å². The van der Waals surface area contributed by atoms with Crippen molar-refractivity contribution < 1.29 is 23.0 Å². The van der Waals surface area contributed by atoms with Gasteiger partial charge in [-0.1, -0.05) is 0 Å². The normalized spacial score (nSPS) is 23.1. The van der Waals surface area contributed by atoms with Crippen LogP contribution in [0, 0.1) is 0 Å². The number of rotatable bonds is 1. The molecule has 106 valence electrons. The number of anilines is 1. The molecule has 4 nitrogen and oxygen atoms in total. The van der Waals surface area contributed by atoms with E-state index in [2.05, 4.69) is 9.47 Å². The van der Waals surface area contributed by atoms with Crippen molar-refractivity contribution in [3.63, 3.8) is 0 Å². The number of carbonyl (C=O) groups is 1. The first-order valence-corrected chi connectivity index (χ1v) is 6.79. The van der Waals surface area contributed by atoms with E-state index in [0.717, 1.165) is 12.8 Å². The van der Waals surface area contributed by atoms with Gasteiger partial charge in [0.1, 0.15) is 5.88 Å². The topological polar surface area (TPSA) is 38.8 Å². The van der Waals surface area contributed by atoms with Gasteiger partial charge >= 0.3 is 6.29 Å². The first-order chi connectivity index (χ1) is 9.46. The molecule has 1 fully saturated rings. The van der Waals surface area contributed by atoms with Crippen LogP contribution in [-0.2, 0) is 10.2 Å². The lowest BCUT2D eigenvalue weighted by molar-refractivity contribution is -0.287. The van der Waals surface area contributed by atoms with Crippen LogP contribution in [0.4, 0.5) is 14.5 Å². The molecule has 2 aliphatic heterocycles. The average molecular weight is 302 g/mol. The third kappa shape index (κ3) is 1.48. The summed E-state index contributed by atoms with van der Waals surface area (Å²) in [6, 6.07) is 3.03. The maximum absolute atomic E-state index is 13.3. The van der Waals surface area contributed by atoms with Gasteiger partial charge in [-0.05, 0) is 25.0 Å². The number of hydrogen-bond donors (Lipinski definition) is 0. The molecular formula is C13H10ClF2NO3. The molecule has 0 bridgehead atoms. The Labute approximate surface area is 118 Å². The summed E-state index contributed by atoms with van der Waals surface area (Å²) in [6.45, 7) is 0.471. The van der Waals surface area contributed by atoms with Gasteiger partial charge in [0.25, 0.3) is 0 Å². The maximum atomic E-state index is 13.3. The molecule has 2 heterocycles. The molecule has 4 rings (SSSR count). The van der Waals surface area contributed by atoms with Crippen LogP contribution >= 0.6 is 11.6 Å². The zero-order chi connectivity index (χ0) is 14.1. The highest BCUT2D eigenvalue weighted by Gasteiger charge is 2.58. The summed E-state index contributed by atoms with van der Waals surface area (Å²) in [5, 5.41) is 0. The lowest BCUT2D eigenvalue weighted by Gasteiger charge is -2.15. The maximum Gasteiger partial charge on any atom is 0.586 e. The minimum Gasteiger partial charge on any atom is -0.395 e. The van der Waals surface area contributed by atoms with Crippen LogP contribution in [0.5, 0.6) is 11.5 Å². The second-order valence-corrected chi connectivity index (χ2v) is 5.62. The van der Waals surface area contributed by atoms with Gasteiger partial charge in [-0.3, -0.25) is 4.79 Å². The average Bonchev–Trinajstić information content (AvgIpc) is 2.98. The van der Waals surface area contributed by atoms with E-state index < -0.39 is 6.29 Å². The van der Waals surface area contributed by atoms with Crippen molar-refractivity contribution in [2.24, 2.45) is 0 Å². The van der Waals surface area contributed by atoms with E-state index in [1.807, 2.05) is 0 Å². The van der Waals surface area contributed by atoms with Crippen molar-refractivity contribution in [1.82, 2.24) is 0 Å². The zero-order valence-corrected chi connectivity index (χ0v) is 11.0. The minimum atomic E-state index is -3.64. The van der Waals surface area contributed by atoms with E-state index in [4.69, 9.17) is 11.6 Å². The van der Waals surface area contributed by atoms with Crippen LogP contribution in [0.25, 0.3) is 0 Å². The van der Waals surface area contributed by atoms with E-state index >= 15 is 0 Å². The lowest BCUT2D eigenvalue weighted by atomic mass is 9.97.